The Morgan fingerprint density at radius 2 is 1.95 bits per heavy atom. The van der Waals surface area contributed by atoms with Crippen LogP contribution in [0.1, 0.15) is 17.4 Å². The summed E-state index contributed by atoms with van der Waals surface area (Å²) < 4.78 is 26.4. The summed E-state index contributed by atoms with van der Waals surface area (Å²) in [5.41, 5.74) is 0.761. The van der Waals surface area contributed by atoms with Crippen molar-refractivity contribution in [1.29, 1.82) is 5.26 Å². The van der Waals surface area contributed by atoms with Crippen LogP contribution < -0.4 is 4.72 Å². The third-order valence-electron chi connectivity index (χ3n) is 2.81. The molecule has 21 heavy (non-hydrogen) atoms. The summed E-state index contributed by atoms with van der Waals surface area (Å²) in [7, 11) is -3.77. The number of aliphatic hydroxyl groups is 1. The van der Waals surface area contributed by atoms with Crippen molar-refractivity contribution in [2.24, 2.45) is 0 Å². The summed E-state index contributed by atoms with van der Waals surface area (Å²) in [6, 6.07) is 13.2. The zero-order chi connectivity index (χ0) is 15.3. The number of aliphatic hydroxyl groups excluding tert-OH is 1. The van der Waals surface area contributed by atoms with Crippen LogP contribution in [0.3, 0.4) is 0 Å². The van der Waals surface area contributed by atoms with Crippen molar-refractivity contribution in [2.45, 2.75) is 11.0 Å². The van der Waals surface area contributed by atoms with Gasteiger partial charge in [-0.25, -0.2) is 18.1 Å². The van der Waals surface area contributed by atoms with E-state index in [1.54, 1.807) is 24.3 Å². The number of nitrogens with zero attached hydrogens (tertiary/aromatic N) is 2. The molecular weight excluding hydrogens is 290 g/mol. The molecule has 1 heterocycles. The van der Waals surface area contributed by atoms with Gasteiger partial charge in [-0.2, -0.15) is 5.26 Å². The topological polar surface area (TPSA) is 103 Å². The van der Waals surface area contributed by atoms with E-state index in [0.29, 0.717) is 5.56 Å². The lowest BCUT2D eigenvalue weighted by molar-refractivity contribution is 0.182. The minimum atomic E-state index is -3.77. The number of benzene rings is 1. The van der Waals surface area contributed by atoms with Crippen molar-refractivity contribution < 1.29 is 13.5 Å². The van der Waals surface area contributed by atoms with E-state index >= 15 is 0 Å². The Labute approximate surface area is 122 Å². The highest BCUT2D eigenvalue weighted by Crippen LogP contribution is 2.13. The van der Waals surface area contributed by atoms with E-state index in [0.717, 1.165) is 6.20 Å². The van der Waals surface area contributed by atoms with Gasteiger partial charge in [0.2, 0.25) is 10.0 Å². The smallest absolute Gasteiger partial charge is 0.242 e. The van der Waals surface area contributed by atoms with Crippen LogP contribution in [0.2, 0.25) is 0 Å². The second-order valence-electron chi connectivity index (χ2n) is 4.27. The predicted octanol–water partition coefficient (Wildman–Crippen LogP) is 0.965. The van der Waals surface area contributed by atoms with Crippen molar-refractivity contribution in [3.05, 3.63) is 59.9 Å². The van der Waals surface area contributed by atoms with E-state index in [2.05, 4.69) is 9.71 Å². The molecule has 1 aromatic heterocycles. The number of pyridine rings is 1. The molecule has 0 spiro atoms. The minimum absolute atomic E-state index is 0.0539. The molecule has 0 aliphatic rings. The maximum absolute atomic E-state index is 12.0. The van der Waals surface area contributed by atoms with Gasteiger partial charge in [0.05, 0.1) is 6.10 Å². The standard InChI is InChI=1S/C14H13N3O3S/c15-8-12-6-7-13(9-16-12)21(19,20)17-10-14(18)11-4-2-1-3-5-11/h1-7,9,14,17-18H,10H2. The van der Waals surface area contributed by atoms with Crippen LogP contribution in [0.25, 0.3) is 0 Å². The fourth-order valence-electron chi connectivity index (χ4n) is 1.67. The average molecular weight is 303 g/mol. The van der Waals surface area contributed by atoms with Gasteiger partial charge in [0.15, 0.2) is 0 Å². The summed E-state index contributed by atoms with van der Waals surface area (Å²) in [4.78, 5) is 3.65. The van der Waals surface area contributed by atoms with E-state index in [1.807, 2.05) is 12.1 Å². The number of hydrogen-bond donors (Lipinski definition) is 2. The minimum Gasteiger partial charge on any atom is -0.387 e. The third kappa shape index (κ3) is 3.86. The average Bonchev–Trinajstić information content (AvgIpc) is 2.53. The zero-order valence-corrected chi connectivity index (χ0v) is 11.8. The molecule has 108 valence electrons. The van der Waals surface area contributed by atoms with Gasteiger partial charge in [0.25, 0.3) is 0 Å². The highest BCUT2D eigenvalue weighted by molar-refractivity contribution is 7.89. The fraction of sp³-hybridized carbons (Fsp3) is 0.143. The Morgan fingerprint density at radius 1 is 1.24 bits per heavy atom. The van der Waals surface area contributed by atoms with Crippen LogP contribution in [-0.4, -0.2) is 25.1 Å². The molecule has 2 rings (SSSR count). The lowest BCUT2D eigenvalue weighted by Gasteiger charge is -2.12. The first kappa shape index (κ1) is 15.1. The highest BCUT2D eigenvalue weighted by Gasteiger charge is 2.17. The first-order valence-electron chi connectivity index (χ1n) is 6.12. The highest BCUT2D eigenvalue weighted by atomic mass is 32.2. The molecule has 0 aliphatic heterocycles. The summed E-state index contributed by atoms with van der Waals surface area (Å²) >= 11 is 0. The normalized spacial score (nSPS) is 12.6. The maximum atomic E-state index is 12.0. The lowest BCUT2D eigenvalue weighted by atomic mass is 10.1. The zero-order valence-electron chi connectivity index (χ0n) is 11.0. The summed E-state index contributed by atoms with van der Waals surface area (Å²) in [6.07, 6.45) is 0.169. The number of nitrogens with one attached hydrogen (secondary N) is 1. The van der Waals surface area contributed by atoms with Crippen molar-refractivity contribution in [3.63, 3.8) is 0 Å². The van der Waals surface area contributed by atoms with Gasteiger partial charge in [-0.3, -0.25) is 0 Å². The quantitative estimate of drug-likeness (QED) is 0.856. The Bertz CT molecular complexity index is 737. The number of sulfonamides is 1. The second-order valence-corrected chi connectivity index (χ2v) is 6.04. The molecule has 7 heteroatoms. The molecule has 0 saturated heterocycles. The lowest BCUT2D eigenvalue weighted by Crippen LogP contribution is -2.28. The predicted molar refractivity (Wildman–Crippen MR) is 75.5 cm³/mol. The molecule has 1 atom stereocenters. The molecule has 1 unspecified atom stereocenters. The first-order valence-corrected chi connectivity index (χ1v) is 7.60. The molecule has 2 aromatic rings. The number of hydrogen-bond acceptors (Lipinski definition) is 5. The molecular formula is C14H13N3O3S. The van der Waals surface area contributed by atoms with Gasteiger partial charge in [0, 0.05) is 12.7 Å². The van der Waals surface area contributed by atoms with Crippen molar-refractivity contribution in [1.82, 2.24) is 9.71 Å². The summed E-state index contributed by atoms with van der Waals surface area (Å²) in [6.45, 7) is -0.146. The molecule has 0 radical (unpaired) electrons. The molecule has 0 amide bonds. The van der Waals surface area contributed by atoms with E-state index in [4.69, 9.17) is 5.26 Å². The second kappa shape index (κ2) is 6.45. The van der Waals surface area contributed by atoms with Gasteiger partial charge < -0.3 is 5.11 Å². The van der Waals surface area contributed by atoms with Crippen LogP contribution in [0.4, 0.5) is 0 Å². The molecule has 0 bridgehead atoms. The molecule has 0 aliphatic carbocycles. The largest absolute Gasteiger partial charge is 0.387 e. The van der Waals surface area contributed by atoms with Gasteiger partial charge in [-0.05, 0) is 17.7 Å². The maximum Gasteiger partial charge on any atom is 0.242 e. The van der Waals surface area contributed by atoms with Crippen molar-refractivity contribution in [3.8, 4) is 6.07 Å². The van der Waals surface area contributed by atoms with Crippen LogP contribution in [0, 0.1) is 11.3 Å². The fourth-order valence-corrected chi connectivity index (χ4v) is 2.65. The van der Waals surface area contributed by atoms with Crippen LogP contribution >= 0.6 is 0 Å². The van der Waals surface area contributed by atoms with Gasteiger partial charge in [0.1, 0.15) is 16.7 Å². The summed E-state index contributed by atoms with van der Waals surface area (Å²) in [5.74, 6) is 0. The summed E-state index contributed by atoms with van der Waals surface area (Å²) in [5, 5.41) is 18.6. The third-order valence-corrected chi connectivity index (χ3v) is 4.22. The van der Waals surface area contributed by atoms with Gasteiger partial charge in [-0.15, -0.1) is 0 Å². The molecule has 0 fully saturated rings. The van der Waals surface area contributed by atoms with Crippen molar-refractivity contribution in [2.75, 3.05) is 6.54 Å². The molecule has 2 N–H and O–H groups in total. The van der Waals surface area contributed by atoms with Crippen LogP contribution in [0.15, 0.2) is 53.6 Å². The van der Waals surface area contributed by atoms with Gasteiger partial charge >= 0.3 is 0 Å². The van der Waals surface area contributed by atoms with Crippen LogP contribution in [0.5, 0.6) is 0 Å². The van der Waals surface area contributed by atoms with Crippen molar-refractivity contribution >= 4 is 10.0 Å². The first-order chi connectivity index (χ1) is 10.0. The number of rotatable bonds is 5. The van der Waals surface area contributed by atoms with Gasteiger partial charge in [-0.1, -0.05) is 30.3 Å². The Morgan fingerprint density at radius 3 is 2.52 bits per heavy atom. The Balaban J connectivity index is 2.06. The Hall–Kier alpha value is -2.27. The van der Waals surface area contributed by atoms with Crippen LogP contribution in [-0.2, 0) is 10.0 Å². The van der Waals surface area contributed by atoms with E-state index < -0.39 is 16.1 Å². The van der Waals surface area contributed by atoms with E-state index in [1.165, 1.54) is 12.1 Å². The molecule has 0 saturated carbocycles. The number of aromatic nitrogens is 1. The number of nitriles is 1. The monoisotopic (exact) mass is 303 g/mol. The van der Waals surface area contributed by atoms with E-state index in [-0.39, 0.29) is 17.1 Å². The van der Waals surface area contributed by atoms with E-state index in [9.17, 15) is 13.5 Å². The molecule has 1 aromatic carbocycles. The Kier molecular flexibility index (Phi) is 4.65. The molecule has 6 nitrogen and oxygen atoms in total. The SMILES string of the molecule is N#Cc1ccc(S(=O)(=O)NCC(O)c2ccccc2)cn1.